The molecule has 1 aromatic carbocycles. The Kier molecular flexibility index (Phi) is 4.23. The minimum atomic E-state index is 0.593. The summed E-state index contributed by atoms with van der Waals surface area (Å²) in [6, 6.07) is 9.24. The molecule has 1 fully saturated rings. The molecular formula is C17H24N4. The van der Waals surface area contributed by atoms with Crippen LogP contribution in [0.15, 0.2) is 36.9 Å². The maximum absolute atomic E-state index is 4.16. The van der Waals surface area contributed by atoms with Crippen molar-refractivity contribution >= 4 is 5.69 Å². The van der Waals surface area contributed by atoms with Crippen LogP contribution in [-0.2, 0) is 6.54 Å². The Balaban J connectivity index is 1.68. The largest absolute Gasteiger partial charge is 0.382 e. The zero-order valence-corrected chi connectivity index (χ0v) is 12.9. The first-order valence-corrected chi connectivity index (χ1v) is 7.90. The van der Waals surface area contributed by atoms with Crippen molar-refractivity contribution in [2.24, 2.45) is 11.8 Å². The number of aromatic nitrogens is 3. The minimum Gasteiger partial charge on any atom is -0.382 e. The second kappa shape index (κ2) is 6.29. The van der Waals surface area contributed by atoms with Crippen LogP contribution in [0.3, 0.4) is 0 Å². The number of hydrogen-bond acceptors (Lipinski definition) is 3. The van der Waals surface area contributed by atoms with Crippen molar-refractivity contribution in [1.29, 1.82) is 0 Å². The van der Waals surface area contributed by atoms with Gasteiger partial charge in [-0.2, -0.15) is 5.10 Å². The molecule has 3 unspecified atom stereocenters. The average molecular weight is 284 g/mol. The van der Waals surface area contributed by atoms with Gasteiger partial charge in [-0.15, -0.1) is 0 Å². The van der Waals surface area contributed by atoms with Crippen molar-refractivity contribution in [2.75, 3.05) is 5.32 Å². The van der Waals surface area contributed by atoms with Crippen LogP contribution < -0.4 is 5.32 Å². The second-order valence-electron chi connectivity index (χ2n) is 6.31. The van der Waals surface area contributed by atoms with Crippen molar-refractivity contribution in [1.82, 2.24) is 14.8 Å². The summed E-state index contributed by atoms with van der Waals surface area (Å²) < 4.78 is 1.85. The van der Waals surface area contributed by atoms with Crippen LogP contribution in [0.5, 0.6) is 0 Å². The summed E-state index contributed by atoms with van der Waals surface area (Å²) in [5, 5.41) is 7.90. The van der Waals surface area contributed by atoms with Gasteiger partial charge in [0.2, 0.25) is 0 Å². The quantitative estimate of drug-likeness (QED) is 0.933. The number of anilines is 1. The van der Waals surface area contributed by atoms with E-state index in [4.69, 9.17) is 0 Å². The normalized spacial score (nSPS) is 25.7. The van der Waals surface area contributed by atoms with Crippen molar-refractivity contribution in [3.05, 3.63) is 42.5 Å². The summed E-state index contributed by atoms with van der Waals surface area (Å²) in [5.74, 6) is 1.55. The molecule has 0 saturated heterocycles. The zero-order valence-electron chi connectivity index (χ0n) is 12.9. The predicted molar refractivity (Wildman–Crippen MR) is 85.2 cm³/mol. The maximum Gasteiger partial charge on any atom is 0.137 e. The first kappa shape index (κ1) is 14.1. The van der Waals surface area contributed by atoms with Gasteiger partial charge >= 0.3 is 0 Å². The summed E-state index contributed by atoms with van der Waals surface area (Å²) in [6.07, 6.45) is 7.31. The van der Waals surface area contributed by atoms with Gasteiger partial charge in [-0.25, -0.2) is 9.67 Å². The van der Waals surface area contributed by atoms with Gasteiger partial charge in [-0.1, -0.05) is 38.8 Å². The maximum atomic E-state index is 4.16. The monoisotopic (exact) mass is 284 g/mol. The molecule has 0 spiro atoms. The van der Waals surface area contributed by atoms with E-state index in [9.17, 15) is 0 Å². The number of hydrogen-bond donors (Lipinski definition) is 1. The van der Waals surface area contributed by atoms with E-state index in [1.165, 1.54) is 30.5 Å². The van der Waals surface area contributed by atoms with E-state index in [1.807, 2.05) is 4.68 Å². The summed E-state index contributed by atoms with van der Waals surface area (Å²) in [7, 11) is 0. The Morgan fingerprint density at radius 1 is 1.29 bits per heavy atom. The van der Waals surface area contributed by atoms with Gasteiger partial charge in [-0.3, -0.25) is 0 Å². The van der Waals surface area contributed by atoms with E-state index in [0.29, 0.717) is 6.04 Å². The van der Waals surface area contributed by atoms with Gasteiger partial charge in [0.1, 0.15) is 12.7 Å². The lowest BCUT2D eigenvalue weighted by Gasteiger charge is -2.35. The third-order valence-electron chi connectivity index (χ3n) is 4.80. The molecule has 1 saturated carbocycles. The molecule has 1 N–H and O–H groups in total. The lowest BCUT2D eigenvalue weighted by molar-refractivity contribution is 0.253. The van der Waals surface area contributed by atoms with Crippen LogP contribution in [0, 0.1) is 11.8 Å². The predicted octanol–water partition coefficient (Wildman–Crippen LogP) is 3.56. The first-order chi connectivity index (χ1) is 10.2. The van der Waals surface area contributed by atoms with Crippen molar-refractivity contribution < 1.29 is 0 Å². The summed E-state index contributed by atoms with van der Waals surface area (Å²) in [5.41, 5.74) is 2.47. The molecule has 1 aromatic heterocycles. The van der Waals surface area contributed by atoms with Gasteiger partial charge in [0.25, 0.3) is 0 Å². The first-order valence-electron chi connectivity index (χ1n) is 7.90. The summed E-state index contributed by atoms with van der Waals surface area (Å²) in [6.45, 7) is 5.52. The molecule has 0 bridgehead atoms. The Morgan fingerprint density at radius 2 is 2.19 bits per heavy atom. The SMILES string of the molecule is CC1CCCC(Nc2cccc(Cn3cncn3)c2)C1C. The smallest absolute Gasteiger partial charge is 0.137 e. The molecular weight excluding hydrogens is 260 g/mol. The third-order valence-corrected chi connectivity index (χ3v) is 4.80. The van der Waals surface area contributed by atoms with Gasteiger partial charge in [-0.05, 0) is 36.0 Å². The molecule has 3 atom stereocenters. The molecule has 1 aliphatic rings. The number of nitrogens with one attached hydrogen (secondary N) is 1. The molecule has 0 radical (unpaired) electrons. The van der Waals surface area contributed by atoms with Crippen molar-refractivity contribution in [3.8, 4) is 0 Å². The van der Waals surface area contributed by atoms with Crippen LogP contribution in [0.2, 0.25) is 0 Å². The second-order valence-corrected chi connectivity index (χ2v) is 6.31. The summed E-state index contributed by atoms with van der Waals surface area (Å²) in [4.78, 5) is 3.99. The highest BCUT2D eigenvalue weighted by Crippen LogP contribution is 2.31. The van der Waals surface area contributed by atoms with Crippen molar-refractivity contribution in [2.45, 2.75) is 45.7 Å². The van der Waals surface area contributed by atoms with Crippen LogP contribution in [0.1, 0.15) is 38.7 Å². The van der Waals surface area contributed by atoms with E-state index in [-0.39, 0.29) is 0 Å². The topological polar surface area (TPSA) is 42.7 Å². The molecule has 1 aliphatic carbocycles. The molecule has 0 amide bonds. The fourth-order valence-electron chi connectivity index (χ4n) is 3.26. The van der Waals surface area contributed by atoms with Crippen LogP contribution >= 0.6 is 0 Å². The van der Waals surface area contributed by atoms with Crippen LogP contribution in [-0.4, -0.2) is 20.8 Å². The number of rotatable bonds is 4. The van der Waals surface area contributed by atoms with E-state index in [1.54, 1.807) is 12.7 Å². The van der Waals surface area contributed by atoms with Gasteiger partial charge in [0, 0.05) is 11.7 Å². The van der Waals surface area contributed by atoms with Crippen LogP contribution in [0.4, 0.5) is 5.69 Å². The standard InChI is InChI=1S/C17H24N4/c1-13-5-3-8-17(14(13)2)20-16-7-4-6-15(9-16)10-21-12-18-11-19-21/h4,6-7,9,11-14,17,20H,3,5,8,10H2,1-2H3. The minimum absolute atomic E-state index is 0.593. The average Bonchev–Trinajstić information content (AvgIpc) is 2.97. The molecule has 4 heteroatoms. The molecule has 1 heterocycles. The Labute approximate surface area is 126 Å². The van der Waals surface area contributed by atoms with Crippen LogP contribution in [0.25, 0.3) is 0 Å². The third kappa shape index (κ3) is 3.43. The lowest BCUT2D eigenvalue weighted by Crippen LogP contribution is -2.35. The fourth-order valence-corrected chi connectivity index (χ4v) is 3.26. The zero-order chi connectivity index (χ0) is 14.7. The molecule has 4 nitrogen and oxygen atoms in total. The Bertz CT molecular complexity index is 564. The summed E-state index contributed by atoms with van der Waals surface area (Å²) >= 11 is 0. The molecule has 0 aliphatic heterocycles. The molecule has 21 heavy (non-hydrogen) atoms. The highest BCUT2D eigenvalue weighted by molar-refractivity contribution is 5.46. The van der Waals surface area contributed by atoms with Gasteiger partial charge in [0.05, 0.1) is 6.54 Å². The highest BCUT2D eigenvalue weighted by atomic mass is 15.3. The van der Waals surface area contributed by atoms with Gasteiger partial charge in [0.15, 0.2) is 0 Å². The molecule has 112 valence electrons. The van der Waals surface area contributed by atoms with E-state index in [2.05, 4.69) is 53.5 Å². The Hall–Kier alpha value is -1.84. The van der Waals surface area contributed by atoms with E-state index in [0.717, 1.165) is 18.4 Å². The lowest BCUT2D eigenvalue weighted by atomic mass is 9.78. The molecule has 3 rings (SSSR count). The highest BCUT2D eigenvalue weighted by Gasteiger charge is 2.26. The van der Waals surface area contributed by atoms with E-state index < -0.39 is 0 Å². The van der Waals surface area contributed by atoms with Crippen molar-refractivity contribution in [3.63, 3.8) is 0 Å². The number of nitrogens with zero attached hydrogens (tertiary/aromatic N) is 3. The Morgan fingerprint density at radius 3 is 3.00 bits per heavy atom. The fraction of sp³-hybridized carbons (Fsp3) is 0.529. The van der Waals surface area contributed by atoms with Gasteiger partial charge < -0.3 is 5.32 Å². The number of benzene rings is 1. The van der Waals surface area contributed by atoms with E-state index >= 15 is 0 Å². The molecule has 2 aromatic rings.